The summed E-state index contributed by atoms with van der Waals surface area (Å²) in [5.41, 5.74) is 8.75. The monoisotopic (exact) mass is 252 g/mol. The SMILES string of the molecule is CC(C)Oc1ccc(C(C)NOCC(N)=O)cc1. The van der Waals surface area contributed by atoms with E-state index in [2.05, 4.69) is 5.48 Å². The third-order valence-corrected chi connectivity index (χ3v) is 2.23. The van der Waals surface area contributed by atoms with Gasteiger partial charge in [-0.2, -0.15) is 5.48 Å². The maximum Gasteiger partial charge on any atom is 0.245 e. The van der Waals surface area contributed by atoms with Crippen molar-refractivity contribution in [2.24, 2.45) is 5.73 Å². The molecule has 0 saturated carbocycles. The van der Waals surface area contributed by atoms with Gasteiger partial charge in [0.25, 0.3) is 0 Å². The molecule has 3 N–H and O–H groups in total. The third kappa shape index (κ3) is 5.16. The molecule has 1 aromatic carbocycles. The van der Waals surface area contributed by atoms with Crippen LogP contribution in [0.5, 0.6) is 5.75 Å². The van der Waals surface area contributed by atoms with E-state index in [4.69, 9.17) is 15.3 Å². The number of ether oxygens (including phenoxy) is 1. The number of benzene rings is 1. The van der Waals surface area contributed by atoms with Crippen molar-refractivity contribution < 1.29 is 14.4 Å². The Hall–Kier alpha value is -1.59. The van der Waals surface area contributed by atoms with Gasteiger partial charge in [0.2, 0.25) is 5.91 Å². The van der Waals surface area contributed by atoms with Gasteiger partial charge in [-0.3, -0.25) is 9.63 Å². The van der Waals surface area contributed by atoms with Crippen LogP contribution < -0.4 is 16.0 Å². The van der Waals surface area contributed by atoms with Gasteiger partial charge in [-0.1, -0.05) is 12.1 Å². The van der Waals surface area contributed by atoms with Gasteiger partial charge < -0.3 is 10.5 Å². The lowest BCUT2D eigenvalue weighted by molar-refractivity contribution is -0.126. The maximum atomic E-state index is 10.5. The van der Waals surface area contributed by atoms with E-state index in [1.807, 2.05) is 45.0 Å². The molecule has 0 radical (unpaired) electrons. The van der Waals surface area contributed by atoms with E-state index in [0.717, 1.165) is 11.3 Å². The van der Waals surface area contributed by atoms with Crippen molar-refractivity contribution in [1.82, 2.24) is 5.48 Å². The van der Waals surface area contributed by atoms with Gasteiger partial charge in [0.05, 0.1) is 12.1 Å². The van der Waals surface area contributed by atoms with Gasteiger partial charge in [0.15, 0.2) is 0 Å². The summed E-state index contributed by atoms with van der Waals surface area (Å²) in [4.78, 5) is 15.5. The van der Waals surface area contributed by atoms with Crippen molar-refractivity contribution >= 4 is 5.91 Å². The zero-order chi connectivity index (χ0) is 13.5. The highest BCUT2D eigenvalue weighted by Gasteiger charge is 2.06. The Bertz CT molecular complexity index is 376. The van der Waals surface area contributed by atoms with E-state index >= 15 is 0 Å². The zero-order valence-corrected chi connectivity index (χ0v) is 11.0. The fourth-order valence-electron chi connectivity index (χ4n) is 1.41. The summed E-state index contributed by atoms with van der Waals surface area (Å²) < 4.78 is 5.55. The second kappa shape index (κ2) is 6.98. The molecule has 1 aromatic rings. The van der Waals surface area contributed by atoms with Gasteiger partial charge in [-0.15, -0.1) is 0 Å². The van der Waals surface area contributed by atoms with Crippen LogP contribution in [0.25, 0.3) is 0 Å². The van der Waals surface area contributed by atoms with Crippen molar-refractivity contribution in [2.45, 2.75) is 32.9 Å². The van der Waals surface area contributed by atoms with Crippen LogP contribution in [0.15, 0.2) is 24.3 Å². The fraction of sp³-hybridized carbons (Fsp3) is 0.462. The predicted octanol–water partition coefficient (Wildman–Crippen LogP) is 1.54. The minimum atomic E-state index is -0.504. The second-order valence-electron chi connectivity index (χ2n) is 4.33. The molecule has 0 aliphatic rings. The van der Waals surface area contributed by atoms with Crippen LogP contribution in [-0.4, -0.2) is 18.6 Å². The number of carbonyl (C=O) groups excluding carboxylic acids is 1. The molecule has 1 unspecified atom stereocenters. The van der Waals surface area contributed by atoms with E-state index in [9.17, 15) is 4.79 Å². The molecule has 0 fully saturated rings. The van der Waals surface area contributed by atoms with Crippen LogP contribution in [0.4, 0.5) is 0 Å². The molecule has 5 heteroatoms. The Balaban J connectivity index is 2.48. The van der Waals surface area contributed by atoms with Crippen molar-refractivity contribution in [3.63, 3.8) is 0 Å². The first kappa shape index (κ1) is 14.5. The van der Waals surface area contributed by atoms with E-state index < -0.39 is 5.91 Å². The topological polar surface area (TPSA) is 73.6 Å². The zero-order valence-electron chi connectivity index (χ0n) is 11.0. The standard InChI is InChI=1S/C13H20N2O3/c1-9(2)18-12-6-4-11(5-7-12)10(3)15-17-8-13(14)16/h4-7,9-10,15H,8H2,1-3H3,(H2,14,16). The molecule has 18 heavy (non-hydrogen) atoms. The lowest BCUT2D eigenvalue weighted by atomic mass is 10.1. The van der Waals surface area contributed by atoms with E-state index in [1.54, 1.807) is 0 Å². The molecule has 0 heterocycles. The molecule has 100 valence electrons. The Morgan fingerprint density at radius 2 is 1.89 bits per heavy atom. The molecule has 0 aromatic heterocycles. The summed E-state index contributed by atoms with van der Waals surface area (Å²) in [5.74, 6) is 0.328. The van der Waals surface area contributed by atoms with Crippen molar-refractivity contribution in [1.29, 1.82) is 0 Å². The lowest BCUT2D eigenvalue weighted by Crippen LogP contribution is -2.26. The van der Waals surface area contributed by atoms with E-state index in [0.29, 0.717) is 0 Å². The summed E-state index contributed by atoms with van der Waals surface area (Å²) in [7, 11) is 0. The maximum absolute atomic E-state index is 10.5. The summed E-state index contributed by atoms with van der Waals surface area (Å²) in [6.07, 6.45) is 0.158. The minimum Gasteiger partial charge on any atom is -0.491 e. The van der Waals surface area contributed by atoms with Gasteiger partial charge in [0, 0.05) is 0 Å². The molecular formula is C13H20N2O3. The molecule has 1 rings (SSSR count). The average molecular weight is 252 g/mol. The van der Waals surface area contributed by atoms with Gasteiger partial charge in [-0.05, 0) is 38.5 Å². The minimum absolute atomic E-state index is 0.0301. The quantitative estimate of drug-likeness (QED) is 0.722. The average Bonchev–Trinajstić information content (AvgIpc) is 2.28. The summed E-state index contributed by atoms with van der Waals surface area (Å²) in [6, 6.07) is 7.67. The Morgan fingerprint density at radius 1 is 1.28 bits per heavy atom. The Kier molecular flexibility index (Phi) is 5.61. The number of nitrogens with one attached hydrogen (secondary N) is 1. The molecule has 0 aliphatic heterocycles. The highest BCUT2D eigenvalue weighted by atomic mass is 16.6. The number of carbonyl (C=O) groups is 1. The molecule has 1 atom stereocenters. The van der Waals surface area contributed by atoms with Gasteiger partial charge in [-0.25, -0.2) is 0 Å². The first-order valence-electron chi connectivity index (χ1n) is 5.91. The molecule has 1 amide bonds. The Morgan fingerprint density at radius 3 is 2.39 bits per heavy atom. The first-order chi connectivity index (χ1) is 8.49. The Labute approximate surface area is 107 Å². The first-order valence-corrected chi connectivity index (χ1v) is 5.91. The van der Waals surface area contributed by atoms with Crippen LogP contribution in [0, 0.1) is 0 Å². The normalized spacial score (nSPS) is 12.4. The molecule has 0 saturated heterocycles. The van der Waals surface area contributed by atoms with Crippen molar-refractivity contribution in [3.05, 3.63) is 29.8 Å². The number of hydrogen-bond acceptors (Lipinski definition) is 4. The van der Waals surface area contributed by atoms with Crippen LogP contribution in [0.3, 0.4) is 0 Å². The number of primary amides is 1. The number of rotatable bonds is 7. The molecule has 0 bridgehead atoms. The predicted molar refractivity (Wildman–Crippen MR) is 68.9 cm³/mol. The highest BCUT2D eigenvalue weighted by Crippen LogP contribution is 2.18. The van der Waals surface area contributed by atoms with Crippen LogP contribution >= 0.6 is 0 Å². The number of hydrogen-bond donors (Lipinski definition) is 2. The largest absolute Gasteiger partial charge is 0.491 e. The highest BCUT2D eigenvalue weighted by molar-refractivity contribution is 5.74. The summed E-state index contributed by atoms with van der Waals surface area (Å²) in [6.45, 7) is 5.75. The van der Waals surface area contributed by atoms with Gasteiger partial charge in [0.1, 0.15) is 12.4 Å². The summed E-state index contributed by atoms with van der Waals surface area (Å²) in [5, 5.41) is 0. The smallest absolute Gasteiger partial charge is 0.245 e. The van der Waals surface area contributed by atoms with Crippen molar-refractivity contribution in [3.8, 4) is 5.75 Å². The number of nitrogens with two attached hydrogens (primary N) is 1. The molecular weight excluding hydrogens is 232 g/mol. The van der Waals surface area contributed by atoms with Crippen molar-refractivity contribution in [2.75, 3.05) is 6.61 Å². The number of amides is 1. The number of hydroxylamine groups is 1. The van der Waals surface area contributed by atoms with E-state index in [1.165, 1.54) is 0 Å². The van der Waals surface area contributed by atoms with Crippen LogP contribution in [0.1, 0.15) is 32.4 Å². The molecule has 0 aliphatic carbocycles. The summed E-state index contributed by atoms with van der Waals surface area (Å²) >= 11 is 0. The van der Waals surface area contributed by atoms with Crippen LogP contribution in [-0.2, 0) is 9.63 Å². The molecule has 5 nitrogen and oxygen atoms in total. The van der Waals surface area contributed by atoms with E-state index in [-0.39, 0.29) is 18.8 Å². The second-order valence-corrected chi connectivity index (χ2v) is 4.33. The van der Waals surface area contributed by atoms with Gasteiger partial charge >= 0.3 is 0 Å². The fourth-order valence-corrected chi connectivity index (χ4v) is 1.41. The molecule has 0 spiro atoms. The van der Waals surface area contributed by atoms with Crippen LogP contribution in [0.2, 0.25) is 0 Å². The lowest BCUT2D eigenvalue weighted by Gasteiger charge is -2.15. The third-order valence-electron chi connectivity index (χ3n) is 2.23.